The van der Waals surface area contributed by atoms with Crippen LogP contribution in [0.15, 0.2) is 34.9 Å². The van der Waals surface area contributed by atoms with Crippen molar-refractivity contribution in [2.45, 2.75) is 25.3 Å². The van der Waals surface area contributed by atoms with Gasteiger partial charge in [0.25, 0.3) is 0 Å². The van der Waals surface area contributed by atoms with Gasteiger partial charge in [-0.05, 0) is 48.7 Å². The van der Waals surface area contributed by atoms with E-state index < -0.39 is 5.54 Å². The van der Waals surface area contributed by atoms with E-state index >= 15 is 0 Å². The zero-order chi connectivity index (χ0) is 15.0. The maximum Gasteiger partial charge on any atom is 0.141 e. The molecule has 3 nitrogen and oxygen atoms in total. The van der Waals surface area contributed by atoms with Crippen LogP contribution in [0.5, 0.6) is 5.75 Å². The van der Waals surface area contributed by atoms with Gasteiger partial charge in [0.2, 0.25) is 0 Å². The van der Waals surface area contributed by atoms with Gasteiger partial charge in [0.05, 0.1) is 24.0 Å². The molecule has 21 heavy (non-hydrogen) atoms. The average Bonchev–Trinajstić information content (AvgIpc) is 2.87. The molecule has 1 aromatic carbocycles. The number of hydrogen-bond acceptors (Lipinski definition) is 3. The number of benzene rings is 1. The van der Waals surface area contributed by atoms with Crippen molar-refractivity contribution in [2.24, 2.45) is 5.73 Å². The highest BCUT2D eigenvalue weighted by Gasteiger charge is 2.27. The summed E-state index contributed by atoms with van der Waals surface area (Å²) in [5.41, 5.74) is 8.63. The van der Waals surface area contributed by atoms with Crippen LogP contribution in [0.1, 0.15) is 23.7 Å². The number of halogens is 2. The summed E-state index contributed by atoms with van der Waals surface area (Å²) in [5, 5.41) is 0. The Morgan fingerprint density at radius 1 is 1.43 bits per heavy atom. The lowest BCUT2D eigenvalue weighted by Crippen LogP contribution is -2.36. The van der Waals surface area contributed by atoms with Gasteiger partial charge in [-0.3, -0.25) is 4.98 Å². The van der Waals surface area contributed by atoms with Crippen molar-refractivity contribution in [3.8, 4) is 5.75 Å². The summed E-state index contributed by atoms with van der Waals surface area (Å²) in [6.45, 7) is 2.60. The van der Waals surface area contributed by atoms with E-state index in [-0.39, 0.29) is 5.82 Å². The van der Waals surface area contributed by atoms with E-state index in [1.54, 1.807) is 6.07 Å². The molecular formula is C16H16BrFN2O. The molecule has 0 spiro atoms. The molecule has 5 heteroatoms. The lowest BCUT2D eigenvalue weighted by atomic mass is 9.89. The molecule has 0 saturated carbocycles. The summed E-state index contributed by atoms with van der Waals surface area (Å²) in [6, 6.07) is 7.12. The van der Waals surface area contributed by atoms with E-state index in [1.807, 2.05) is 13.0 Å². The molecule has 0 aliphatic carbocycles. The number of hydrogen-bond donors (Lipinski definition) is 1. The Bertz CT molecular complexity index is 671. The van der Waals surface area contributed by atoms with Crippen molar-refractivity contribution in [1.29, 1.82) is 0 Å². The number of pyridine rings is 1. The molecule has 0 fully saturated rings. The number of fused-ring (bicyclic) bond motifs is 1. The highest BCUT2D eigenvalue weighted by atomic mass is 79.9. The Morgan fingerprint density at radius 2 is 2.24 bits per heavy atom. The van der Waals surface area contributed by atoms with E-state index in [2.05, 4.69) is 27.0 Å². The molecule has 1 aliphatic heterocycles. The fourth-order valence-corrected chi connectivity index (χ4v) is 3.23. The number of ether oxygens (including phenoxy) is 1. The van der Waals surface area contributed by atoms with Crippen LogP contribution in [0.25, 0.3) is 0 Å². The Kier molecular flexibility index (Phi) is 3.71. The van der Waals surface area contributed by atoms with Crippen LogP contribution in [0.4, 0.5) is 4.39 Å². The first-order valence-corrected chi connectivity index (χ1v) is 7.60. The molecule has 0 bridgehead atoms. The molecule has 2 aromatic rings. The summed E-state index contributed by atoms with van der Waals surface area (Å²) in [6.07, 6.45) is 2.69. The third-order valence-corrected chi connectivity index (χ3v) is 4.15. The number of nitrogens with zero attached hydrogens (tertiary/aromatic N) is 1. The van der Waals surface area contributed by atoms with Crippen molar-refractivity contribution in [1.82, 2.24) is 4.98 Å². The van der Waals surface area contributed by atoms with Gasteiger partial charge in [-0.15, -0.1) is 0 Å². The molecule has 1 unspecified atom stereocenters. The smallest absolute Gasteiger partial charge is 0.141 e. The molecule has 1 aromatic heterocycles. The zero-order valence-electron chi connectivity index (χ0n) is 11.7. The molecule has 1 aliphatic rings. The molecule has 2 N–H and O–H groups in total. The normalized spacial score (nSPS) is 16.2. The van der Waals surface area contributed by atoms with Gasteiger partial charge in [-0.25, -0.2) is 4.39 Å². The van der Waals surface area contributed by atoms with Gasteiger partial charge in [0.1, 0.15) is 11.6 Å². The Labute approximate surface area is 131 Å². The highest BCUT2D eigenvalue weighted by molar-refractivity contribution is 9.10. The van der Waals surface area contributed by atoms with E-state index in [0.29, 0.717) is 18.7 Å². The first-order chi connectivity index (χ1) is 9.95. The summed E-state index contributed by atoms with van der Waals surface area (Å²) in [4.78, 5) is 4.11. The van der Waals surface area contributed by atoms with Crippen LogP contribution in [0.2, 0.25) is 0 Å². The van der Waals surface area contributed by atoms with Crippen molar-refractivity contribution in [3.63, 3.8) is 0 Å². The second-order valence-corrected chi connectivity index (χ2v) is 6.52. The Morgan fingerprint density at radius 3 is 2.95 bits per heavy atom. The summed E-state index contributed by atoms with van der Waals surface area (Å²) in [7, 11) is 0. The summed E-state index contributed by atoms with van der Waals surface area (Å²) >= 11 is 3.53. The van der Waals surface area contributed by atoms with Gasteiger partial charge >= 0.3 is 0 Å². The first kappa shape index (κ1) is 14.5. The molecular weight excluding hydrogens is 335 g/mol. The maximum atomic E-state index is 13.0. The van der Waals surface area contributed by atoms with Gasteiger partial charge in [0.15, 0.2) is 0 Å². The summed E-state index contributed by atoms with van der Waals surface area (Å²) in [5.74, 6) is 0.568. The topological polar surface area (TPSA) is 48.1 Å². The van der Waals surface area contributed by atoms with Crippen LogP contribution < -0.4 is 10.5 Å². The standard InChI is InChI=1S/C16H16BrFN2O/c1-16(19,14-3-2-13(18)9-20-14)8-11-7-12(17)6-10-4-5-21-15(10)11/h2-3,6-7,9H,4-5,8,19H2,1H3. The Balaban J connectivity index is 1.94. The highest BCUT2D eigenvalue weighted by Crippen LogP contribution is 2.36. The van der Waals surface area contributed by atoms with E-state index in [0.717, 1.165) is 22.2 Å². The van der Waals surface area contributed by atoms with E-state index in [4.69, 9.17) is 10.5 Å². The third kappa shape index (κ3) is 2.94. The van der Waals surface area contributed by atoms with Crippen molar-refractivity contribution < 1.29 is 9.13 Å². The minimum absolute atomic E-state index is 0.360. The second kappa shape index (κ2) is 5.39. The molecule has 110 valence electrons. The first-order valence-electron chi connectivity index (χ1n) is 6.81. The van der Waals surface area contributed by atoms with Crippen LogP contribution in [0, 0.1) is 5.82 Å². The second-order valence-electron chi connectivity index (χ2n) is 5.61. The van der Waals surface area contributed by atoms with Gasteiger partial charge in [-0.2, -0.15) is 0 Å². The third-order valence-electron chi connectivity index (χ3n) is 3.70. The summed E-state index contributed by atoms with van der Waals surface area (Å²) < 4.78 is 19.8. The van der Waals surface area contributed by atoms with Crippen LogP contribution >= 0.6 is 15.9 Å². The van der Waals surface area contributed by atoms with Crippen molar-refractivity contribution >= 4 is 15.9 Å². The lowest BCUT2D eigenvalue weighted by molar-refractivity contribution is 0.348. The molecule has 0 saturated heterocycles. The minimum atomic E-state index is -0.686. The molecule has 2 heterocycles. The molecule has 3 rings (SSSR count). The number of rotatable bonds is 3. The number of nitrogens with two attached hydrogens (primary N) is 1. The van der Waals surface area contributed by atoms with Gasteiger partial charge < -0.3 is 10.5 Å². The quantitative estimate of drug-likeness (QED) is 0.923. The largest absolute Gasteiger partial charge is 0.493 e. The van der Waals surface area contributed by atoms with Crippen molar-refractivity contribution in [2.75, 3.05) is 6.61 Å². The fourth-order valence-electron chi connectivity index (χ4n) is 2.68. The van der Waals surface area contributed by atoms with Crippen LogP contribution in [-0.2, 0) is 18.4 Å². The Hall–Kier alpha value is -1.46. The predicted octanol–water partition coefficient (Wildman–Crippen LogP) is 3.33. The van der Waals surface area contributed by atoms with Crippen molar-refractivity contribution in [3.05, 3.63) is 57.6 Å². The average molecular weight is 351 g/mol. The van der Waals surface area contributed by atoms with E-state index in [9.17, 15) is 4.39 Å². The van der Waals surface area contributed by atoms with Crippen LogP contribution in [0.3, 0.4) is 0 Å². The van der Waals surface area contributed by atoms with Gasteiger partial charge in [-0.1, -0.05) is 15.9 Å². The van der Waals surface area contributed by atoms with Crippen LogP contribution in [-0.4, -0.2) is 11.6 Å². The maximum absolute atomic E-state index is 13.0. The molecule has 0 amide bonds. The molecule has 1 atom stereocenters. The minimum Gasteiger partial charge on any atom is -0.493 e. The monoisotopic (exact) mass is 350 g/mol. The van der Waals surface area contributed by atoms with E-state index in [1.165, 1.54) is 17.8 Å². The SMILES string of the molecule is CC(N)(Cc1cc(Br)cc2c1OCC2)c1ccc(F)cn1. The fraction of sp³-hybridized carbons (Fsp3) is 0.312. The zero-order valence-corrected chi connectivity index (χ0v) is 13.3. The lowest BCUT2D eigenvalue weighted by Gasteiger charge is -2.25. The molecule has 0 radical (unpaired) electrons. The number of aromatic nitrogens is 1. The predicted molar refractivity (Wildman–Crippen MR) is 82.8 cm³/mol. The van der Waals surface area contributed by atoms with Gasteiger partial charge in [0, 0.05) is 10.9 Å².